The zero-order valence-corrected chi connectivity index (χ0v) is 12.7. The van der Waals surface area contributed by atoms with Gasteiger partial charge in [0.1, 0.15) is 11.6 Å². The molecule has 0 aromatic carbocycles. The molecular formula is C16H23N5. The molecule has 0 radical (unpaired) electrons. The monoisotopic (exact) mass is 285 g/mol. The van der Waals surface area contributed by atoms with Gasteiger partial charge >= 0.3 is 0 Å². The van der Waals surface area contributed by atoms with Crippen molar-refractivity contribution in [3.8, 4) is 0 Å². The van der Waals surface area contributed by atoms with Crippen LogP contribution in [0.1, 0.15) is 22.2 Å². The summed E-state index contributed by atoms with van der Waals surface area (Å²) in [5.41, 5.74) is 0. The molecule has 112 valence electrons. The van der Waals surface area contributed by atoms with Crippen LogP contribution in [-0.4, -0.2) is 21.7 Å². The maximum atomic E-state index is 4.10. The van der Waals surface area contributed by atoms with Crippen molar-refractivity contribution in [3.05, 3.63) is 47.5 Å². The second kappa shape index (κ2) is 8.58. The van der Waals surface area contributed by atoms with Gasteiger partial charge in [-0.15, -0.1) is 0 Å². The third kappa shape index (κ3) is 5.95. The Morgan fingerprint density at radius 2 is 1.95 bits per heavy atom. The molecular weight excluding hydrogens is 262 g/mol. The van der Waals surface area contributed by atoms with Crippen molar-refractivity contribution < 1.29 is 1.43 Å². The Morgan fingerprint density at radius 1 is 1.24 bits per heavy atom. The zero-order valence-electron chi connectivity index (χ0n) is 12.7. The van der Waals surface area contributed by atoms with E-state index in [4.69, 9.17) is 0 Å². The highest BCUT2D eigenvalue weighted by Crippen LogP contribution is 2.02. The first-order chi connectivity index (χ1) is 10.0. The molecule has 2 heterocycles. The molecule has 0 saturated heterocycles. The van der Waals surface area contributed by atoms with Crippen molar-refractivity contribution in [1.29, 1.82) is 0 Å². The van der Waals surface area contributed by atoms with E-state index >= 15 is 0 Å². The summed E-state index contributed by atoms with van der Waals surface area (Å²) in [4.78, 5) is 16.1. The van der Waals surface area contributed by atoms with Crippen molar-refractivity contribution >= 4 is 24.9 Å². The van der Waals surface area contributed by atoms with Crippen LogP contribution >= 0.6 is 0 Å². The minimum Gasteiger partial charge on any atom is -0.323 e. The van der Waals surface area contributed by atoms with E-state index in [1.54, 1.807) is 24.8 Å². The molecule has 5 heteroatoms. The van der Waals surface area contributed by atoms with Crippen LogP contribution in [0.5, 0.6) is 0 Å². The van der Waals surface area contributed by atoms with Crippen LogP contribution in [0.15, 0.2) is 41.9 Å². The highest BCUT2D eigenvalue weighted by molar-refractivity contribution is 5.63. The molecule has 2 aromatic heterocycles. The molecule has 0 aliphatic heterocycles. The summed E-state index contributed by atoms with van der Waals surface area (Å²) in [6.45, 7) is 13.9. The smallest absolute Gasteiger partial charge is 0.150 e. The van der Waals surface area contributed by atoms with Crippen molar-refractivity contribution in [2.45, 2.75) is 20.8 Å². The van der Waals surface area contributed by atoms with Gasteiger partial charge in [-0.3, -0.25) is 9.97 Å². The average Bonchev–Trinajstić information content (AvgIpc) is 2.46. The van der Waals surface area contributed by atoms with Crippen LogP contribution in [-0.2, 0) is 0 Å². The molecule has 0 fully saturated rings. The normalized spacial score (nSPS) is 11.2. The molecule has 0 unspecified atom stereocenters. The molecule has 0 saturated carbocycles. The van der Waals surface area contributed by atoms with Gasteiger partial charge in [-0.1, -0.05) is 27.4 Å². The first-order valence-electron chi connectivity index (χ1n) is 6.68. The maximum Gasteiger partial charge on any atom is 0.150 e. The van der Waals surface area contributed by atoms with Gasteiger partial charge in [0, 0.05) is 25.2 Å². The molecule has 2 rings (SSSR count). The number of hydrogen-bond acceptors (Lipinski definition) is 5. The summed E-state index contributed by atoms with van der Waals surface area (Å²) in [5, 5.41) is 4.44. The Morgan fingerprint density at radius 3 is 2.48 bits per heavy atom. The molecule has 21 heavy (non-hydrogen) atoms. The van der Waals surface area contributed by atoms with Gasteiger partial charge in [0.05, 0.1) is 11.5 Å². The van der Waals surface area contributed by atoms with E-state index in [-0.39, 0.29) is 1.43 Å². The number of nitrogens with one attached hydrogen (secondary N) is 1. The second-order valence-electron chi connectivity index (χ2n) is 4.95. The predicted molar refractivity (Wildman–Crippen MR) is 90.2 cm³/mol. The van der Waals surface area contributed by atoms with Crippen molar-refractivity contribution in [3.63, 3.8) is 0 Å². The van der Waals surface area contributed by atoms with E-state index in [2.05, 4.69) is 59.3 Å². The standard InChI is InChI=1S/C12H11N5.C4H10.H2/c1-9-10(4-3-5-15-9)12(13-2)17-11-8-14-6-7-16-11;1-4(2)3;/h3-8H,1-2H2,(H,16,17);4H,1-3H3;1H/b12-10+;;. The lowest BCUT2D eigenvalue weighted by Gasteiger charge is -2.04. The van der Waals surface area contributed by atoms with Gasteiger partial charge in [0.2, 0.25) is 0 Å². The van der Waals surface area contributed by atoms with E-state index < -0.39 is 0 Å². The molecule has 0 atom stereocenters. The number of aliphatic imine (C=N–C) groups is 1. The fourth-order valence-corrected chi connectivity index (χ4v) is 1.33. The molecule has 5 nitrogen and oxygen atoms in total. The predicted octanol–water partition coefficient (Wildman–Crippen LogP) is 2.07. The van der Waals surface area contributed by atoms with Crippen LogP contribution in [0.3, 0.4) is 0 Å². The van der Waals surface area contributed by atoms with E-state index in [0.717, 1.165) is 11.1 Å². The largest absolute Gasteiger partial charge is 0.323 e. The first-order valence-corrected chi connectivity index (χ1v) is 6.68. The summed E-state index contributed by atoms with van der Waals surface area (Å²) in [7, 11) is 0. The minimum atomic E-state index is 0. The first kappa shape index (κ1) is 16.5. The number of pyridine rings is 1. The summed E-state index contributed by atoms with van der Waals surface area (Å²) in [5.74, 6) is 1.99. The van der Waals surface area contributed by atoms with Crippen LogP contribution in [0.4, 0.5) is 5.82 Å². The quantitative estimate of drug-likeness (QED) is 0.877. The van der Waals surface area contributed by atoms with Gasteiger partial charge in [0.25, 0.3) is 0 Å². The lowest BCUT2D eigenvalue weighted by molar-refractivity contribution is 0.737. The van der Waals surface area contributed by atoms with Crippen LogP contribution in [0.25, 0.3) is 12.4 Å². The molecule has 0 amide bonds. The molecule has 0 aliphatic rings. The summed E-state index contributed by atoms with van der Waals surface area (Å²) in [6, 6.07) is 3.68. The van der Waals surface area contributed by atoms with Crippen molar-refractivity contribution in [2.24, 2.45) is 10.9 Å². The van der Waals surface area contributed by atoms with E-state index in [0.29, 0.717) is 17.0 Å². The van der Waals surface area contributed by atoms with Crippen LogP contribution in [0, 0.1) is 5.92 Å². The van der Waals surface area contributed by atoms with E-state index in [1.807, 2.05) is 12.1 Å². The number of aromatic nitrogens is 3. The fourth-order valence-electron chi connectivity index (χ4n) is 1.33. The molecule has 0 bridgehead atoms. The van der Waals surface area contributed by atoms with Crippen LogP contribution < -0.4 is 15.9 Å². The Balaban J connectivity index is 0.000000791. The number of anilines is 1. The van der Waals surface area contributed by atoms with Gasteiger partial charge in [-0.2, -0.15) is 0 Å². The van der Waals surface area contributed by atoms with E-state index in [1.165, 1.54) is 0 Å². The Hall–Kier alpha value is -2.56. The molecule has 0 spiro atoms. The van der Waals surface area contributed by atoms with Gasteiger partial charge in [0.15, 0.2) is 0 Å². The molecule has 0 aliphatic carbocycles. The Bertz CT molecular complexity index is 668. The van der Waals surface area contributed by atoms with Crippen molar-refractivity contribution in [2.75, 3.05) is 5.32 Å². The third-order valence-corrected chi connectivity index (χ3v) is 2.11. The Kier molecular flexibility index (Phi) is 6.74. The second-order valence-corrected chi connectivity index (χ2v) is 4.95. The van der Waals surface area contributed by atoms with Gasteiger partial charge in [-0.25, -0.2) is 9.98 Å². The fraction of sp³-hybridized carbons (Fsp3) is 0.250. The number of rotatable bonds is 3. The molecule has 2 aromatic rings. The van der Waals surface area contributed by atoms with Gasteiger partial charge in [-0.05, 0) is 24.8 Å². The summed E-state index contributed by atoms with van der Waals surface area (Å²) in [6.07, 6.45) is 6.47. The lowest BCUT2D eigenvalue weighted by atomic mass is 10.3. The topological polar surface area (TPSA) is 63.1 Å². The molecule has 1 N–H and O–H groups in total. The Labute approximate surface area is 126 Å². The van der Waals surface area contributed by atoms with Gasteiger partial charge < -0.3 is 5.32 Å². The average molecular weight is 285 g/mol. The van der Waals surface area contributed by atoms with Crippen molar-refractivity contribution in [1.82, 2.24) is 15.0 Å². The van der Waals surface area contributed by atoms with Crippen LogP contribution in [0.2, 0.25) is 0 Å². The highest BCUT2D eigenvalue weighted by Gasteiger charge is 1.98. The SMILES string of the molecule is C=N/C(Nc1cnccn1)=c1/cccnc1=C.CC(C)C.[HH]. The number of hydrogen-bond donors (Lipinski definition) is 1. The summed E-state index contributed by atoms with van der Waals surface area (Å²) < 4.78 is 0. The zero-order chi connectivity index (χ0) is 15.7. The lowest BCUT2D eigenvalue weighted by Crippen LogP contribution is -2.30. The third-order valence-electron chi connectivity index (χ3n) is 2.11. The minimum absolute atomic E-state index is 0. The highest BCUT2D eigenvalue weighted by atomic mass is 15.1. The maximum absolute atomic E-state index is 4.10. The number of nitrogens with zero attached hydrogens (tertiary/aromatic N) is 4. The summed E-state index contributed by atoms with van der Waals surface area (Å²) >= 11 is 0. The van der Waals surface area contributed by atoms with E-state index in [9.17, 15) is 0 Å².